The second kappa shape index (κ2) is 18.0. The Hall–Kier alpha value is -9.94. The Morgan fingerprint density at radius 2 is 0.865 bits per heavy atom. The van der Waals surface area contributed by atoms with Crippen LogP contribution in [0.1, 0.15) is 37.3 Å². The summed E-state index contributed by atoms with van der Waals surface area (Å²) in [7, 11) is 0. The lowest BCUT2D eigenvalue weighted by Crippen LogP contribution is -2.07. The number of para-hydroxylation sites is 2. The number of nitrogens with zero attached hydrogens (tertiary/aromatic N) is 12. The maximum absolute atomic E-state index is 5.03. The molecule has 0 atom stereocenters. The van der Waals surface area contributed by atoms with Crippen molar-refractivity contribution in [3.8, 4) is 68.6 Å². The van der Waals surface area contributed by atoms with Crippen molar-refractivity contribution in [1.82, 2.24) is 59.0 Å². The Bertz CT molecular complexity index is 4230. The third kappa shape index (κ3) is 7.64. The molecule has 0 bridgehead atoms. The molecule has 0 saturated carbocycles. The van der Waals surface area contributed by atoms with Gasteiger partial charge in [0, 0.05) is 38.2 Å². The van der Waals surface area contributed by atoms with E-state index in [0.29, 0.717) is 58.0 Å². The summed E-state index contributed by atoms with van der Waals surface area (Å²) in [5.41, 5.74) is 11.3. The van der Waals surface area contributed by atoms with E-state index in [0.717, 1.165) is 103 Å². The van der Waals surface area contributed by atoms with Crippen LogP contribution >= 0.6 is 0 Å². The van der Waals surface area contributed by atoms with E-state index < -0.39 is 0 Å². The molecule has 12 heteroatoms. The molecule has 6 aromatic heterocycles. The fourth-order valence-electron chi connectivity index (χ4n) is 10.2. The maximum Gasteiger partial charge on any atom is 0.184 e. The van der Waals surface area contributed by atoms with Crippen LogP contribution in [0.4, 0.5) is 0 Å². The summed E-state index contributed by atoms with van der Waals surface area (Å²) >= 11 is 0. The molecule has 0 radical (unpaired) electrons. The van der Waals surface area contributed by atoms with E-state index in [1.165, 1.54) is 0 Å². The molecule has 0 unspecified atom stereocenters. The number of fused-ring (bicyclic) bond motifs is 6. The van der Waals surface area contributed by atoms with E-state index in [9.17, 15) is 0 Å². The van der Waals surface area contributed by atoms with Crippen molar-refractivity contribution >= 4 is 54.8 Å². The molecule has 0 saturated heterocycles. The van der Waals surface area contributed by atoms with Crippen LogP contribution in [0.5, 0.6) is 0 Å². The normalized spacial score (nSPS) is 13.5. The minimum Gasteiger partial charge on any atom is -0.293 e. The van der Waals surface area contributed by atoms with Crippen molar-refractivity contribution in [3.63, 3.8) is 0 Å². The molecule has 12 nitrogen and oxygen atoms in total. The van der Waals surface area contributed by atoms with Crippen molar-refractivity contribution in [3.05, 3.63) is 218 Å². The Morgan fingerprint density at radius 3 is 1.38 bits per heavy atom. The Kier molecular flexibility index (Phi) is 10.5. The topological polar surface area (TPSA) is 139 Å². The lowest BCUT2D eigenvalue weighted by atomic mass is 10.0. The van der Waals surface area contributed by atoms with Gasteiger partial charge in [-0.2, -0.15) is 0 Å². The summed E-state index contributed by atoms with van der Waals surface area (Å²) in [5, 5.41) is 4.45. The number of allylic oxidation sites excluding steroid dienone is 8. The first kappa shape index (κ1) is 42.9. The third-order valence-corrected chi connectivity index (χ3v) is 13.8. The number of rotatable bonds is 9. The van der Waals surface area contributed by atoms with Gasteiger partial charge < -0.3 is 0 Å². The molecule has 0 N–H and O–H groups in total. The zero-order valence-corrected chi connectivity index (χ0v) is 39.8. The zero-order valence-electron chi connectivity index (χ0n) is 39.8. The summed E-state index contributed by atoms with van der Waals surface area (Å²) in [4.78, 5) is 49.3. The van der Waals surface area contributed by atoms with Gasteiger partial charge in [0.15, 0.2) is 46.6 Å². The Balaban J connectivity index is 0.811. The van der Waals surface area contributed by atoms with Crippen LogP contribution in [-0.4, -0.2) is 59.0 Å². The van der Waals surface area contributed by atoms with Gasteiger partial charge in [-0.15, -0.1) is 0 Å². The van der Waals surface area contributed by atoms with Crippen molar-refractivity contribution < 1.29 is 0 Å². The highest BCUT2D eigenvalue weighted by Crippen LogP contribution is 2.38. The van der Waals surface area contributed by atoms with Gasteiger partial charge in [0.1, 0.15) is 11.4 Å². The first-order chi connectivity index (χ1) is 36.7. The highest BCUT2D eigenvalue weighted by Gasteiger charge is 2.21. The van der Waals surface area contributed by atoms with Gasteiger partial charge in [0.2, 0.25) is 0 Å². The molecule has 0 spiro atoms. The van der Waals surface area contributed by atoms with Crippen LogP contribution in [0.2, 0.25) is 0 Å². The third-order valence-electron chi connectivity index (χ3n) is 13.8. The molecule has 0 amide bonds. The van der Waals surface area contributed by atoms with Crippen LogP contribution in [0.25, 0.3) is 123 Å². The smallest absolute Gasteiger partial charge is 0.184 e. The minimum atomic E-state index is 0.449. The lowest BCUT2D eigenvalue weighted by Gasteiger charge is -2.13. The average molecular weight is 955 g/mol. The number of aromatic nitrogens is 12. The van der Waals surface area contributed by atoms with Crippen molar-refractivity contribution in [1.29, 1.82) is 0 Å². The van der Waals surface area contributed by atoms with Gasteiger partial charge in [-0.3, -0.25) is 9.13 Å². The summed E-state index contributed by atoms with van der Waals surface area (Å²) < 4.78 is 4.35. The molecule has 2 aliphatic carbocycles. The van der Waals surface area contributed by atoms with Gasteiger partial charge in [-0.05, 0) is 78.8 Å². The van der Waals surface area contributed by atoms with Crippen LogP contribution in [-0.2, 0) is 0 Å². The van der Waals surface area contributed by atoms with E-state index in [4.69, 9.17) is 49.8 Å². The summed E-state index contributed by atoms with van der Waals surface area (Å²) in [6, 6.07) is 50.1. The second-order valence-corrected chi connectivity index (χ2v) is 18.3. The molecular formula is C62H42N12. The molecule has 12 aromatic rings. The van der Waals surface area contributed by atoms with Gasteiger partial charge in [0.05, 0.1) is 46.9 Å². The molecule has 6 aromatic carbocycles. The number of hydrogen-bond acceptors (Lipinski definition) is 10. The zero-order chi connectivity index (χ0) is 49.0. The predicted octanol–water partition coefficient (Wildman–Crippen LogP) is 13.6. The van der Waals surface area contributed by atoms with Gasteiger partial charge >= 0.3 is 0 Å². The van der Waals surface area contributed by atoms with Crippen LogP contribution in [0, 0.1) is 0 Å². The fraction of sp³-hybridized carbons (Fsp3) is 0.0645. The SMILES string of the molecule is C1=CCCC(c2nc(C3=CCCC=C3)nc(-c3cnc(-n4c5ccccc5c5cc(-c6ccc7c(c6)c6ccccc6n7-c6cnc(-c7nc(-c8ccccc8)nc(-c8ccccc8)n7)cn6)ccc54)cn3)n2)=C1. The fourth-order valence-corrected chi connectivity index (χ4v) is 10.2. The van der Waals surface area contributed by atoms with Crippen molar-refractivity contribution in [2.45, 2.75) is 25.7 Å². The van der Waals surface area contributed by atoms with E-state index in [2.05, 4.69) is 131 Å². The van der Waals surface area contributed by atoms with Crippen molar-refractivity contribution in [2.75, 3.05) is 0 Å². The molecule has 0 aliphatic heterocycles. The first-order valence-electron chi connectivity index (χ1n) is 24.8. The van der Waals surface area contributed by atoms with Gasteiger partial charge in [0.25, 0.3) is 0 Å². The first-order valence-corrected chi connectivity index (χ1v) is 24.8. The van der Waals surface area contributed by atoms with E-state index >= 15 is 0 Å². The number of benzene rings is 6. The molecule has 2 aliphatic rings. The predicted molar refractivity (Wildman–Crippen MR) is 293 cm³/mol. The van der Waals surface area contributed by atoms with Crippen molar-refractivity contribution in [2.24, 2.45) is 0 Å². The molecular weight excluding hydrogens is 913 g/mol. The molecule has 0 fully saturated rings. The molecule has 350 valence electrons. The van der Waals surface area contributed by atoms with E-state index in [1.54, 1.807) is 18.6 Å². The maximum atomic E-state index is 5.03. The van der Waals surface area contributed by atoms with Gasteiger partial charge in [-0.1, -0.05) is 146 Å². The quantitative estimate of drug-likeness (QED) is 0.137. The van der Waals surface area contributed by atoms with E-state index in [1.807, 2.05) is 66.9 Å². The summed E-state index contributed by atoms with van der Waals surface area (Å²) in [6.07, 6.45) is 23.7. The van der Waals surface area contributed by atoms with Crippen LogP contribution in [0.3, 0.4) is 0 Å². The highest BCUT2D eigenvalue weighted by molar-refractivity contribution is 6.12. The summed E-state index contributed by atoms with van der Waals surface area (Å²) in [5.74, 6) is 4.81. The van der Waals surface area contributed by atoms with E-state index in [-0.39, 0.29) is 0 Å². The lowest BCUT2D eigenvalue weighted by molar-refractivity contribution is 0.942. The van der Waals surface area contributed by atoms with Crippen LogP contribution in [0.15, 0.2) is 207 Å². The molecule has 14 rings (SSSR count). The summed E-state index contributed by atoms with van der Waals surface area (Å²) in [6.45, 7) is 0. The Labute approximate surface area is 424 Å². The molecule has 6 heterocycles. The number of hydrogen-bond donors (Lipinski definition) is 0. The molecule has 74 heavy (non-hydrogen) atoms. The average Bonchev–Trinajstić information content (AvgIpc) is 4.02. The van der Waals surface area contributed by atoms with Gasteiger partial charge in [-0.25, -0.2) is 49.8 Å². The Morgan fingerprint density at radius 1 is 0.365 bits per heavy atom. The highest BCUT2D eigenvalue weighted by atomic mass is 15.1. The largest absolute Gasteiger partial charge is 0.293 e. The second-order valence-electron chi connectivity index (χ2n) is 18.3. The minimum absolute atomic E-state index is 0.449. The monoisotopic (exact) mass is 954 g/mol. The standard InChI is InChI=1S/C62H42N12/c1-5-17-39(18-6-1)57-67-58(40-19-7-2-8-20-40)70-61(69-57)49-35-65-55(37-63-49)73-51-27-15-13-25-45(51)47-33-43(29-31-53(47)73)44-30-32-54-48(34-44)46-26-14-16-28-52(46)74(54)56-38-64-50(36-66-56)62-71-59(41-21-9-3-10-22-41)68-60(72-62)42-23-11-4-12-24-42/h1-3,5-9,11,13-21,23-38H,4,10,12,22H2. The van der Waals surface area contributed by atoms with Crippen LogP contribution < -0.4 is 0 Å².